The summed E-state index contributed by atoms with van der Waals surface area (Å²) in [5.74, 6) is 0.0534. The van der Waals surface area contributed by atoms with Crippen LogP contribution in [0.25, 0.3) is 28.5 Å². The number of halogens is 1. The van der Waals surface area contributed by atoms with Crippen LogP contribution >= 0.6 is 11.3 Å². The van der Waals surface area contributed by atoms with Crippen molar-refractivity contribution in [2.24, 2.45) is 0 Å². The van der Waals surface area contributed by atoms with Gasteiger partial charge < -0.3 is 0 Å². The van der Waals surface area contributed by atoms with Crippen molar-refractivity contribution in [3.8, 4) is 11.4 Å². The van der Waals surface area contributed by atoms with Crippen LogP contribution in [0.1, 0.15) is 10.6 Å². The Morgan fingerprint density at radius 2 is 1.96 bits per heavy atom. The van der Waals surface area contributed by atoms with Crippen molar-refractivity contribution in [2.45, 2.75) is 0 Å². The van der Waals surface area contributed by atoms with Gasteiger partial charge >= 0.3 is 0 Å². The highest BCUT2D eigenvalue weighted by Crippen LogP contribution is 2.24. The van der Waals surface area contributed by atoms with Crippen LogP contribution < -0.4 is 0 Å². The average Bonchev–Trinajstić information content (AvgIpc) is 3.15. The quantitative estimate of drug-likeness (QED) is 0.578. The first-order valence-electron chi connectivity index (χ1n) is 6.86. The molecule has 0 N–H and O–H groups in total. The second kappa shape index (κ2) is 5.69. The molecule has 0 saturated carbocycles. The molecule has 0 saturated heterocycles. The van der Waals surface area contributed by atoms with Crippen molar-refractivity contribution in [2.75, 3.05) is 0 Å². The van der Waals surface area contributed by atoms with Crippen molar-refractivity contribution in [3.05, 3.63) is 65.2 Å². The number of hydrogen-bond acceptors (Lipinski definition) is 5. The molecule has 0 aliphatic carbocycles. The van der Waals surface area contributed by atoms with E-state index in [9.17, 15) is 4.39 Å². The molecule has 0 radical (unpaired) electrons. The predicted molar refractivity (Wildman–Crippen MR) is 87.2 cm³/mol. The van der Waals surface area contributed by atoms with Crippen molar-refractivity contribution in [1.82, 2.24) is 24.8 Å². The van der Waals surface area contributed by atoms with Gasteiger partial charge in [-0.1, -0.05) is 35.6 Å². The number of pyridine rings is 1. The molecule has 4 rings (SSSR count). The maximum Gasteiger partial charge on any atom is 0.235 e. The predicted octanol–water partition coefficient (Wildman–Crippen LogP) is 3.56. The topological polar surface area (TPSA) is 56.0 Å². The number of rotatable bonds is 3. The molecule has 4 aromatic rings. The summed E-state index contributed by atoms with van der Waals surface area (Å²) in [7, 11) is 0. The van der Waals surface area contributed by atoms with Gasteiger partial charge in [0.25, 0.3) is 0 Å². The van der Waals surface area contributed by atoms with Crippen LogP contribution in [0.2, 0.25) is 0 Å². The zero-order valence-electron chi connectivity index (χ0n) is 11.8. The highest BCUT2D eigenvalue weighted by Gasteiger charge is 2.15. The lowest BCUT2D eigenvalue weighted by Gasteiger charge is -1.97. The van der Waals surface area contributed by atoms with Crippen LogP contribution in [0.15, 0.2) is 48.8 Å². The van der Waals surface area contributed by atoms with Crippen molar-refractivity contribution in [3.63, 3.8) is 0 Å². The third kappa shape index (κ3) is 2.62. The van der Waals surface area contributed by atoms with Gasteiger partial charge in [-0.05, 0) is 29.8 Å². The summed E-state index contributed by atoms with van der Waals surface area (Å²) in [4.78, 5) is 4.68. The minimum absolute atomic E-state index is 0.345. The lowest BCUT2D eigenvalue weighted by Crippen LogP contribution is -1.93. The lowest BCUT2D eigenvalue weighted by atomic mass is 10.2. The van der Waals surface area contributed by atoms with E-state index in [4.69, 9.17) is 0 Å². The number of fused-ring (bicyclic) bond motifs is 1. The largest absolute Gasteiger partial charge is 0.264 e. The van der Waals surface area contributed by atoms with E-state index in [1.54, 1.807) is 35.1 Å². The fourth-order valence-corrected chi connectivity index (χ4v) is 2.89. The summed E-state index contributed by atoms with van der Waals surface area (Å²) in [6, 6.07) is 10.3. The maximum absolute atomic E-state index is 13.9. The Balaban J connectivity index is 1.73. The summed E-state index contributed by atoms with van der Waals surface area (Å²) in [6.07, 6.45) is 7.28. The minimum Gasteiger partial charge on any atom is -0.264 e. The summed E-state index contributed by atoms with van der Waals surface area (Å²) < 4.78 is 15.5. The second-order valence-corrected chi connectivity index (χ2v) is 5.75. The SMILES string of the molecule is Fc1ccccc1-c1nnc2sc(/C=C/c3cccnc3)nn12. The van der Waals surface area contributed by atoms with Gasteiger partial charge in [-0.25, -0.2) is 4.39 Å². The average molecular weight is 323 g/mol. The molecular weight excluding hydrogens is 313 g/mol. The zero-order chi connectivity index (χ0) is 15.6. The maximum atomic E-state index is 13.9. The minimum atomic E-state index is -0.345. The lowest BCUT2D eigenvalue weighted by molar-refractivity contribution is 0.629. The van der Waals surface area contributed by atoms with Gasteiger partial charge in [-0.3, -0.25) is 4.98 Å². The molecule has 0 amide bonds. The molecule has 0 fully saturated rings. The van der Waals surface area contributed by atoms with Gasteiger partial charge in [-0.2, -0.15) is 9.61 Å². The normalized spacial score (nSPS) is 11.5. The monoisotopic (exact) mass is 323 g/mol. The van der Waals surface area contributed by atoms with Crippen LogP contribution in [0.5, 0.6) is 0 Å². The Morgan fingerprint density at radius 1 is 1.04 bits per heavy atom. The molecule has 3 aromatic heterocycles. The van der Waals surface area contributed by atoms with Crippen molar-refractivity contribution >= 4 is 28.4 Å². The van der Waals surface area contributed by atoms with Gasteiger partial charge in [0.2, 0.25) is 4.96 Å². The molecule has 0 atom stereocenters. The van der Waals surface area contributed by atoms with Gasteiger partial charge in [0.15, 0.2) is 5.82 Å². The Hall–Kier alpha value is -2.93. The van der Waals surface area contributed by atoms with Gasteiger partial charge in [0, 0.05) is 12.4 Å². The summed E-state index contributed by atoms with van der Waals surface area (Å²) in [5, 5.41) is 13.3. The summed E-state index contributed by atoms with van der Waals surface area (Å²) in [5.41, 5.74) is 1.36. The Morgan fingerprint density at radius 3 is 2.78 bits per heavy atom. The molecule has 0 bridgehead atoms. The van der Waals surface area contributed by atoms with E-state index in [-0.39, 0.29) is 5.82 Å². The molecule has 1 aromatic carbocycles. The van der Waals surface area contributed by atoms with E-state index < -0.39 is 0 Å². The molecule has 5 nitrogen and oxygen atoms in total. The first-order valence-corrected chi connectivity index (χ1v) is 7.68. The van der Waals surface area contributed by atoms with Crippen LogP contribution in [0.3, 0.4) is 0 Å². The molecule has 0 aliphatic rings. The Kier molecular flexibility index (Phi) is 3.39. The highest BCUT2D eigenvalue weighted by molar-refractivity contribution is 7.17. The van der Waals surface area contributed by atoms with E-state index in [0.29, 0.717) is 16.3 Å². The molecule has 112 valence electrons. The van der Waals surface area contributed by atoms with E-state index in [1.165, 1.54) is 17.4 Å². The zero-order valence-corrected chi connectivity index (χ0v) is 12.6. The van der Waals surface area contributed by atoms with E-state index in [1.807, 2.05) is 24.3 Å². The standard InChI is InChI=1S/C16H10FN5S/c17-13-6-2-1-5-12(13)15-19-20-16-22(15)21-14(23-16)8-7-11-4-3-9-18-10-11/h1-10H/b8-7+. The number of hydrogen-bond donors (Lipinski definition) is 0. The van der Waals surface area contributed by atoms with Crippen molar-refractivity contribution in [1.29, 1.82) is 0 Å². The molecule has 0 spiro atoms. The summed E-state index contributed by atoms with van der Waals surface area (Å²) in [6.45, 7) is 0. The fraction of sp³-hybridized carbons (Fsp3) is 0. The number of nitrogens with zero attached hydrogens (tertiary/aromatic N) is 5. The highest BCUT2D eigenvalue weighted by atomic mass is 32.1. The molecular formula is C16H10FN5S. The third-order valence-electron chi connectivity index (χ3n) is 3.22. The molecule has 3 heterocycles. The third-order valence-corrected chi connectivity index (χ3v) is 4.09. The van der Waals surface area contributed by atoms with Crippen LogP contribution in [-0.4, -0.2) is 24.8 Å². The molecule has 0 aliphatic heterocycles. The summed E-state index contributed by atoms with van der Waals surface area (Å²) >= 11 is 1.39. The first kappa shape index (κ1) is 13.7. The smallest absolute Gasteiger partial charge is 0.235 e. The van der Waals surface area contributed by atoms with Crippen LogP contribution in [0.4, 0.5) is 4.39 Å². The first-order chi connectivity index (χ1) is 11.3. The molecule has 23 heavy (non-hydrogen) atoms. The van der Waals surface area contributed by atoms with E-state index in [0.717, 1.165) is 10.6 Å². The van der Waals surface area contributed by atoms with E-state index >= 15 is 0 Å². The van der Waals surface area contributed by atoms with Crippen molar-refractivity contribution < 1.29 is 4.39 Å². The van der Waals surface area contributed by atoms with Gasteiger partial charge in [0.05, 0.1) is 5.56 Å². The van der Waals surface area contributed by atoms with Gasteiger partial charge in [0.1, 0.15) is 10.8 Å². The van der Waals surface area contributed by atoms with Crippen LogP contribution in [-0.2, 0) is 0 Å². The molecule has 7 heteroatoms. The number of benzene rings is 1. The molecule has 0 unspecified atom stereocenters. The van der Waals surface area contributed by atoms with Gasteiger partial charge in [-0.15, -0.1) is 10.2 Å². The fourth-order valence-electron chi connectivity index (χ4n) is 2.15. The Bertz CT molecular complexity index is 990. The number of aromatic nitrogens is 5. The Labute approximate surface area is 134 Å². The van der Waals surface area contributed by atoms with E-state index in [2.05, 4.69) is 20.3 Å². The second-order valence-electron chi connectivity index (χ2n) is 4.76. The van der Waals surface area contributed by atoms with Crippen LogP contribution in [0, 0.1) is 5.82 Å².